The topological polar surface area (TPSA) is 73.9 Å². The van der Waals surface area contributed by atoms with Gasteiger partial charge in [-0.2, -0.15) is 0 Å². The number of methoxy groups -OCH3 is 1. The first-order chi connectivity index (χ1) is 11.9. The highest BCUT2D eigenvalue weighted by molar-refractivity contribution is 7.89. The minimum absolute atomic E-state index is 0.0186. The van der Waals surface area contributed by atoms with E-state index in [0.29, 0.717) is 13.0 Å². The fourth-order valence-electron chi connectivity index (χ4n) is 2.44. The molecule has 0 saturated carbocycles. The maximum Gasteiger partial charge on any atom is 0.212 e. The molecule has 0 unspecified atom stereocenters. The summed E-state index contributed by atoms with van der Waals surface area (Å²) in [5.74, 6) is 0.780. The summed E-state index contributed by atoms with van der Waals surface area (Å²) in [7, 11) is -1.84. The quantitative estimate of drug-likeness (QED) is 0.424. The second kappa shape index (κ2) is 11.5. The van der Waals surface area contributed by atoms with Crippen LogP contribution in [0.1, 0.15) is 51.6 Å². The fraction of sp³-hybridized carbons (Fsp3) is 0.667. The summed E-state index contributed by atoms with van der Waals surface area (Å²) in [5.41, 5.74) is 0.875. The first-order valence-electron chi connectivity index (χ1n) is 8.71. The van der Waals surface area contributed by atoms with Crippen molar-refractivity contribution in [1.29, 1.82) is 0 Å². The lowest BCUT2D eigenvalue weighted by Gasteiger charge is -2.18. The minimum atomic E-state index is -3.37. The van der Waals surface area contributed by atoms with Crippen LogP contribution in [0.4, 0.5) is 0 Å². The van der Waals surface area contributed by atoms with Gasteiger partial charge in [-0.05, 0) is 44.4 Å². The molecule has 1 N–H and O–H groups in total. The molecular formula is C18H31NO5S. The zero-order chi connectivity index (χ0) is 18.7. The lowest BCUT2D eigenvalue weighted by molar-refractivity contribution is -0.0298. The van der Waals surface area contributed by atoms with Crippen LogP contribution in [0.2, 0.25) is 0 Å². The molecule has 0 heterocycles. The van der Waals surface area contributed by atoms with E-state index in [1.54, 1.807) is 0 Å². The van der Waals surface area contributed by atoms with Gasteiger partial charge in [0.2, 0.25) is 10.0 Å². The molecule has 0 bridgehead atoms. The third-order valence-electron chi connectivity index (χ3n) is 3.65. The average molecular weight is 374 g/mol. The molecule has 25 heavy (non-hydrogen) atoms. The molecule has 2 atom stereocenters. The monoisotopic (exact) mass is 373 g/mol. The highest BCUT2D eigenvalue weighted by atomic mass is 32.2. The second-order valence-corrected chi connectivity index (χ2v) is 7.99. The Balaban J connectivity index is 2.56. The SMILES string of the molecule is CCC[C@@H](C)Oc1cccc([C@@H](C)NS(=O)(=O)CCCOCOC)c1. The zero-order valence-corrected chi connectivity index (χ0v) is 16.5. The van der Waals surface area contributed by atoms with Crippen LogP contribution in [0.3, 0.4) is 0 Å². The molecule has 0 spiro atoms. The Hall–Kier alpha value is -1.15. The summed E-state index contributed by atoms with van der Waals surface area (Å²) in [4.78, 5) is 0. The number of ether oxygens (including phenoxy) is 3. The van der Waals surface area contributed by atoms with Gasteiger partial charge in [0.1, 0.15) is 12.5 Å². The molecule has 0 saturated heterocycles. The van der Waals surface area contributed by atoms with E-state index in [2.05, 4.69) is 11.6 Å². The van der Waals surface area contributed by atoms with Crippen LogP contribution in [0, 0.1) is 0 Å². The number of benzene rings is 1. The summed E-state index contributed by atoms with van der Waals surface area (Å²) < 4.78 is 42.8. The van der Waals surface area contributed by atoms with E-state index in [1.807, 2.05) is 38.1 Å². The van der Waals surface area contributed by atoms with Gasteiger partial charge in [-0.1, -0.05) is 25.5 Å². The number of sulfonamides is 1. The van der Waals surface area contributed by atoms with Crippen molar-refractivity contribution in [2.75, 3.05) is 26.3 Å². The van der Waals surface area contributed by atoms with E-state index in [0.717, 1.165) is 24.2 Å². The maximum atomic E-state index is 12.2. The molecule has 0 radical (unpaired) electrons. The predicted octanol–water partition coefficient (Wildman–Crippen LogP) is 3.25. The lowest BCUT2D eigenvalue weighted by atomic mass is 10.1. The van der Waals surface area contributed by atoms with Gasteiger partial charge in [0.25, 0.3) is 0 Å². The molecule has 0 aliphatic heterocycles. The van der Waals surface area contributed by atoms with Crippen molar-refractivity contribution in [3.63, 3.8) is 0 Å². The normalized spacial score (nSPS) is 14.2. The van der Waals surface area contributed by atoms with E-state index in [-0.39, 0.29) is 24.7 Å². The second-order valence-electron chi connectivity index (χ2n) is 6.12. The van der Waals surface area contributed by atoms with Gasteiger partial charge in [0.15, 0.2) is 0 Å². The highest BCUT2D eigenvalue weighted by Gasteiger charge is 2.16. The smallest absolute Gasteiger partial charge is 0.212 e. The molecule has 1 rings (SSSR count). The van der Waals surface area contributed by atoms with E-state index < -0.39 is 10.0 Å². The zero-order valence-electron chi connectivity index (χ0n) is 15.7. The minimum Gasteiger partial charge on any atom is -0.491 e. The highest BCUT2D eigenvalue weighted by Crippen LogP contribution is 2.21. The summed E-state index contributed by atoms with van der Waals surface area (Å²) >= 11 is 0. The number of hydrogen-bond acceptors (Lipinski definition) is 5. The molecule has 0 aromatic heterocycles. The maximum absolute atomic E-state index is 12.2. The Morgan fingerprint density at radius 2 is 2.00 bits per heavy atom. The van der Waals surface area contributed by atoms with Crippen molar-refractivity contribution in [2.24, 2.45) is 0 Å². The van der Waals surface area contributed by atoms with Gasteiger partial charge in [0, 0.05) is 13.2 Å². The third-order valence-corrected chi connectivity index (χ3v) is 5.19. The van der Waals surface area contributed by atoms with Crippen molar-refractivity contribution in [3.05, 3.63) is 29.8 Å². The Labute approximate surface area is 151 Å². The Morgan fingerprint density at radius 1 is 1.24 bits per heavy atom. The first-order valence-corrected chi connectivity index (χ1v) is 10.4. The van der Waals surface area contributed by atoms with Crippen LogP contribution in [-0.2, 0) is 19.5 Å². The molecule has 1 aromatic rings. The van der Waals surface area contributed by atoms with Gasteiger partial charge in [-0.3, -0.25) is 0 Å². The average Bonchev–Trinajstić information content (AvgIpc) is 2.54. The van der Waals surface area contributed by atoms with Crippen molar-refractivity contribution >= 4 is 10.0 Å². The van der Waals surface area contributed by atoms with Crippen LogP contribution in [0.5, 0.6) is 5.75 Å². The Morgan fingerprint density at radius 3 is 2.68 bits per heavy atom. The Bertz CT molecular complexity index is 591. The number of nitrogens with one attached hydrogen (secondary N) is 1. The van der Waals surface area contributed by atoms with Crippen molar-refractivity contribution in [1.82, 2.24) is 4.72 Å². The van der Waals surface area contributed by atoms with E-state index in [1.165, 1.54) is 7.11 Å². The molecule has 144 valence electrons. The summed E-state index contributed by atoms with van der Waals surface area (Å²) in [6, 6.07) is 7.24. The predicted molar refractivity (Wildman–Crippen MR) is 99.2 cm³/mol. The van der Waals surface area contributed by atoms with E-state index in [9.17, 15) is 8.42 Å². The molecular weight excluding hydrogens is 342 g/mol. The van der Waals surface area contributed by atoms with Crippen LogP contribution in [-0.4, -0.2) is 40.8 Å². The standard InChI is InChI=1S/C18H31NO5S/c1-5-8-15(2)24-18-10-6-9-17(13-18)16(3)19-25(20,21)12-7-11-23-14-22-4/h6,9-10,13,15-16,19H,5,7-8,11-12,14H2,1-4H3/t15-,16-/m1/s1. The summed E-state index contributed by atoms with van der Waals surface area (Å²) in [6.07, 6.45) is 2.60. The largest absolute Gasteiger partial charge is 0.491 e. The third kappa shape index (κ3) is 9.21. The van der Waals surface area contributed by atoms with Crippen molar-refractivity contribution < 1.29 is 22.6 Å². The molecule has 0 amide bonds. The lowest BCUT2D eigenvalue weighted by Crippen LogP contribution is -2.29. The van der Waals surface area contributed by atoms with Gasteiger partial charge < -0.3 is 14.2 Å². The molecule has 7 heteroatoms. The van der Waals surface area contributed by atoms with Crippen molar-refractivity contribution in [2.45, 2.75) is 52.2 Å². The first kappa shape index (κ1) is 21.9. The molecule has 0 aliphatic carbocycles. The van der Waals surface area contributed by atoms with Crippen LogP contribution in [0.25, 0.3) is 0 Å². The van der Waals surface area contributed by atoms with Crippen LogP contribution < -0.4 is 9.46 Å². The summed E-state index contributed by atoms with van der Waals surface area (Å²) in [5, 5.41) is 0. The van der Waals surface area contributed by atoms with Gasteiger partial charge in [-0.25, -0.2) is 13.1 Å². The van der Waals surface area contributed by atoms with Gasteiger partial charge in [-0.15, -0.1) is 0 Å². The number of hydrogen-bond donors (Lipinski definition) is 1. The van der Waals surface area contributed by atoms with E-state index in [4.69, 9.17) is 14.2 Å². The molecule has 1 aromatic carbocycles. The van der Waals surface area contributed by atoms with Crippen LogP contribution >= 0.6 is 0 Å². The summed E-state index contributed by atoms with van der Waals surface area (Å²) in [6.45, 7) is 6.50. The van der Waals surface area contributed by atoms with E-state index >= 15 is 0 Å². The molecule has 0 aliphatic rings. The van der Waals surface area contributed by atoms with Gasteiger partial charge >= 0.3 is 0 Å². The van der Waals surface area contributed by atoms with Gasteiger partial charge in [0.05, 0.1) is 18.5 Å². The Kier molecular flexibility index (Phi) is 10.0. The molecule has 0 fully saturated rings. The fourth-order valence-corrected chi connectivity index (χ4v) is 3.74. The molecule has 6 nitrogen and oxygen atoms in total. The van der Waals surface area contributed by atoms with Crippen LogP contribution in [0.15, 0.2) is 24.3 Å². The van der Waals surface area contributed by atoms with Crippen molar-refractivity contribution in [3.8, 4) is 5.75 Å². The number of rotatable bonds is 13.